The molecule has 86 heavy (non-hydrogen) atoms. The summed E-state index contributed by atoms with van der Waals surface area (Å²) >= 11 is 0. The molecule has 0 unspecified atom stereocenters. The van der Waals surface area contributed by atoms with Crippen molar-refractivity contribution < 1.29 is 139 Å². The topological polar surface area (TPSA) is 228 Å². The van der Waals surface area contributed by atoms with Gasteiger partial charge >= 0.3 is 37.3 Å². The van der Waals surface area contributed by atoms with Crippen molar-refractivity contribution in [3.05, 3.63) is 166 Å². The third-order valence-corrected chi connectivity index (χ3v) is 10.0. The van der Waals surface area contributed by atoms with Gasteiger partial charge in [0.05, 0.1) is 17.1 Å². The largest absolute Gasteiger partial charge is 0.741 e. The van der Waals surface area contributed by atoms with Crippen LogP contribution in [-0.4, -0.2) is 93.0 Å². The number of hydrogen-bond donors (Lipinski definition) is 4. The van der Waals surface area contributed by atoms with Crippen LogP contribution in [0.3, 0.4) is 0 Å². The van der Waals surface area contributed by atoms with Crippen molar-refractivity contribution in [3.63, 3.8) is 0 Å². The predicted octanol–water partition coefficient (Wildman–Crippen LogP) is 11.8. The Morgan fingerprint density at radius 1 is 0.465 bits per heavy atom. The van der Waals surface area contributed by atoms with Gasteiger partial charge < -0.3 is 44.7 Å². The van der Waals surface area contributed by atoms with Crippen LogP contribution in [0.15, 0.2) is 91.4 Å². The molecule has 33 heteroatoms. The van der Waals surface area contributed by atoms with Crippen LogP contribution in [0.4, 0.5) is 65.9 Å². The Bertz CT molecular complexity index is 3080. The van der Waals surface area contributed by atoms with Gasteiger partial charge in [0.2, 0.25) is 0 Å². The first-order valence-electron chi connectivity index (χ1n) is 23.7. The molecule has 0 spiro atoms. The molecule has 2 radical (unpaired) electrons. The maximum absolute atomic E-state index is 12.5. The summed E-state index contributed by atoms with van der Waals surface area (Å²) in [4.78, 5) is 26.3. The fourth-order valence-electron chi connectivity index (χ4n) is 5.86. The molecule has 0 aliphatic rings. The summed E-state index contributed by atoms with van der Waals surface area (Å²) in [6.07, 6.45) is -13.3. The summed E-state index contributed by atoms with van der Waals surface area (Å²) < 4.78 is 208. The van der Waals surface area contributed by atoms with Gasteiger partial charge in [-0.05, 0) is 133 Å². The molecule has 0 saturated carbocycles. The number of pyridine rings is 7. The summed E-state index contributed by atoms with van der Waals surface area (Å²) in [5.41, 5.74) is -2.31. The molecular weight excluding hydrogens is 1560 g/mol. The van der Waals surface area contributed by atoms with E-state index >= 15 is 0 Å². The van der Waals surface area contributed by atoms with E-state index in [9.17, 15) is 65.9 Å². The Labute approximate surface area is 512 Å². The van der Waals surface area contributed by atoms with Crippen LogP contribution in [0.25, 0.3) is 33.8 Å². The van der Waals surface area contributed by atoms with Crippen LogP contribution in [0.2, 0.25) is 0 Å². The van der Waals surface area contributed by atoms with Crippen molar-refractivity contribution in [2.45, 2.75) is 119 Å². The van der Waals surface area contributed by atoms with Gasteiger partial charge in [0.1, 0.15) is 11.4 Å². The van der Waals surface area contributed by atoms with Crippen molar-refractivity contribution in [2.24, 2.45) is 0 Å². The predicted molar refractivity (Wildman–Crippen MR) is 278 cm³/mol. The van der Waals surface area contributed by atoms with E-state index < -0.39 is 70.2 Å². The number of alkyl halides is 15. The van der Waals surface area contributed by atoms with Gasteiger partial charge in [-0.25, -0.2) is 18.4 Å². The average Bonchev–Trinajstić information content (AvgIpc) is 1.46. The summed E-state index contributed by atoms with van der Waals surface area (Å²) in [7, 11) is -7.89. The number of nitrogens with zero attached hydrogens (tertiary/aromatic N) is 7. The molecule has 0 aromatic carbocycles. The van der Waals surface area contributed by atoms with Gasteiger partial charge in [-0.15, -0.1) is 35.4 Å². The molecule has 0 aliphatic carbocycles. The van der Waals surface area contributed by atoms with Crippen LogP contribution in [-0.2, 0) is 75.0 Å². The van der Waals surface area contributed by atoms with E-state index in [1.807, 2.05) is 45.0 Å². The van der Waals surface area contributed by atoms with E-state index in [1.165, 1.54) is 26.8 Å². The molecule has 0 bridgehead atoms. The Balaban J connectivity index is 0. The van der Waals surface area contributed by atoms with Gasteiger partial charge in [-0.1, -0.05) is 43.2 Å². The monoisotopic (exact) mass is 1610 g/mol. The third kappa shape index (κ3) is 29.7. The van der Waals surface area contributed by atoms with Crippen LogP contribution in [0.5, 0.6) is 0 Å². The number of aromatic nitrogens is 7. The number of aliphatic hydroxyl groups excluding tert-OH is 2. The molecule has 0 aliphatic heterocycles. The minimum atomic E-state index is -6.09. The normalized spacial score (nSPS) is 11.3. The molecule has 7 heterocycles. The van der Waals surface area contributed by atoms with Crippen LogP contribution < -0.4 is 5.46 Å². The molecule has 0 saturated heterocycles. The fourth-order valence-corrected chi connectivity index (χ4v) is 5.86. The fraction of sp³-hybridized carbons (Fsp3) is 0.340. The number of aryl methyl sites for hydroxylation is 7. The first kappa shape index (κ1) is 82.2. The summed E-state index contributed by atoms with van der Waals surface area (Å²) in [5, 5.41) is 33.6. The molecule has 4 N–H and O–H groups in total. The van der Waals surface area contributed by atoms with Crippen LogP contribution >= 0.6 is 0 Å². The molecule has 7 rings (SSSR count). The number of rotatable bonds is 4. The summed E-state index contributed by atoms with van der Waals surface area (Å²) in [6, 6.07) is 21.9. The minimum Gasteiger partial charge on any atom is -0.741 e. The smallest absolute Gasteiger partial charge is 0.490 e. The maximum atomic E-state index is 12.5. The molecule has 7 aromatic rings. The van der Waals surface area contributed by atoms with Crippen molar-refractivity contribution >= 4 is 22.7 Å². The van der Waals surface area contributed by atoms with Gasteiger partial charge in [0.25, 0.3) is 0 Å². The molecule has 0 atom stereocenters. The van der Waals surface area contributed by atoms with Crippen molar-refractivity contribution in [2.75, 3.05) is 0 Å². The Morgan fingerprint density at radius 3 is 1.00 bits per heavy atom. The Hall–Kier alpha value is -5.89. The Morgan fingerprint density at radius 2 is 0.744 bits per heavy atom. The SMILES string of the molecule is CC(C)O.CC(C)O.Cc1ccnc(-c2[c-]cc(C(F)(F)F)nc2C)c1.Cc1ccnc(-c2[c-]cc(C(F)(F)F)nc2C)c1.Cc1ccnc(-c2ccc(C(F)(F)F)nc2C)c1.Cc1nc(C(F)(F)F)ccc1B(O)O.O=S(=O)([O-])C(F)(F)F.[Ir].[Ir]. The van der Waals surface area contributed by atoms with Crippen molar-refractivity contribution in [1.82, 2.24) is 34.9 Å². The second kappa shape index (κ2) is 35.2. The quantitative estimate of drug-likeness (QED) is 0.0423. The zero-order valence-corrected chi connectivity index (χ0v) is 52.4. The summed E-state index contributed by atoms with van der Waals surface area (Å²) in [5.74, 6) is 0. The van der Waals surface area contributed by atoms with E-state index in [2.05, 4.69) is 47.0 Å². The zero-order valence-electron chi connectivity index (χ0n) is 46.8. The van der Waals surface area contributed by atoms with E-state index in [0.29, 0.717) is 45.5 Å². The van der Waals surface area contributed by atoms with Crippen molar-refractivity contribution in [3.8, 4) is 33.8 Å². The van der Waals surface area contributed by atoms with Crippen LogP contribution in [0.1, 0.15) is 89.9 Å². The van der Waals surface area contributed by atoms with Gasteiger partial charge in [0, 0.05) is 93.4 Å². The van der Waals surface area contributed by atoms with Crippen LogP contribution in [0, 0.1) is 60.6 Å². The zero-order chi connectivity index (χ0) is 65.1. The number of hydrogen-bond acceptors (Lipinski definition) is 14. The van der Waals surface area contributed by atoms with Gasteiger partial charge in [0.15, 0.2) is 10.1 Å². The first-order chi connectivity index (χ1) is 38.2. The van der Waals surface area contributed by atoms with E-state index in [-0.39, 0.29) is 75.0 Å². The molecular formula is C53H54BF15Ir2N7O7S-3. The second-order valence-electron chi connectivity index (χ2n) is 17.8. The Kier molecular flexibility index (Phi) is 33.6. The molecule has 478 valence electrons. The number of halogens is 15. The summed E-state index contributed by atoms with van der Waals surface area (Å²) in [6.45, 7) is 18.4. The van der Waals surface area contributed by atoms with E-state index in [1.54, 1.807) is 65.3 Å². The molecule has 7 aromatic heterocycles. The average molecular weight is 1610 g/mol. The standard InChI is InChI=1S/C13H11F3N2.2C13H10F3N2.C7H7BF3NO2.2C3H8O.CHF3O3S.2Ir/c3*1-8-5-6-17-11(7-8)10-3-4-12(13(14,15)16)18-9(10)2;1-4-5(8(13)14)2-3-6(12-4)7(9,10)11;2*1-3(2)4;2-1(3,4)8(5,6)7;;/h3-7H,1-2H3;2*4-7H,1-2H3;2-3,13-14H,1H3;2*3-4H,1-2H3;(H,5,6,7);;/q;2*-1;;;;;;/p-1. The van der Waals surface area contributed by atoms with Crippen molar-refractivity contribution in [1.29, 1.82) is 0 Å². The van der Waals surface area contributed by atoms with Gasteiger partial charge in [-0.3, -0.25) is 4.98 Å². The molecule has 0 fully saturated rings. The minimum absolute atomic E-state index is 0. The number of aliphatic hydroxyl groups is 2. The third-order valence-electron chi connectivity index (χ3n) is 9.48. The first-order valence-corrected chi connectivity index (χ1v) is 25.1. The van der Waals surface area contributed by atoms with E-state index in [0.717, 1.165) is 41.0 Å². The molecule has 0 amide bonds. The molecule has 14 nitrogen and oxygen atoms in total. The second-order valence-corrected chi connectivity index (χ2v) is 19.2. The maximum Gasteiger partial charge on any atom is 0.490 e. The van der Waals surface area contributed by atoms with E-state index in [4.69, 9.17) is 33.2 Å². The van der Waals surface area contributed by atoms with Gasteiger partial charge in [-0.2, -0.15) is 65.9 Å².